The van der Waals surface area contributed by atoms with Crippen molar-refractivity contribution >= 4 is 29.9 Å². The van der Waals surface area contributed by atoms with E-state index in [1.807, 2.05) is 6.92 Å². The van der Waals surface area contributed by atoms with Gasteiger partial charge in [-0.15, -0.1) is 24.0 Å². The maximum absolute atomic E-state index is 13.4. The molecule has 2 unspecified atom stereocenters. The van der Waals surface area contributed by atoms with Crippen LogP contribution in [0, 0.1) is 11.6 Å². The Morgan fingerprint density at radius 1 is 1.28 bits per heavy atom. The summed E-state index contributed by atoms with van der Waals surface area (Å²) in [5, 5.41) is 6.53. The van der Waals surface area contributed by atoms with Gasteiger partial charge < -0.3 is 15.5 Å². The van der Waals surface area contributed by atoms with Crippen LogP contribution in [-0.2, 0) is 0 Å². The molecule has 1 aliphatic rings. The number of guanidine groups is 1. The number of hydrogen-bond donors (Lipinski definition) is 2. The van der Waals surface area contributed by atoms with Gasteiger partial charge in [0, 0.05) is 39.3 Å². The van der Waals surface area contributed by atoms with Gasteiger partial charge in [0.25, 0.3) is 0 Å². The first-order valence-corrected chi connectivity index (χ1v) is 8.21. The van der Waals surface area contributed by atoms with Crippen LogP contribution in [0.15, 0.2) is 23.2 Å². The highest BCUT2D eigenvalue weighted by Gasteiger charge is 2.22. The number of nitrogens with zero attached hydrogens (tertiary/aromatic N) is 3. The van der Waals surface area contributed by atoms with Crippen LogP contribution < -0.4 is 10.6 Å². The van der Waals surface area contributed by atoms with Crippen molar-refractivity contribution < 1.29 is 8.78 Å². The Morgan fingerprint density at radius 2 is 2.00 bits per heavy atom. The van der Waals surface area contributed by atoms with E-state index < -0.39 is 11.6 Å². The van der Waals surface area contributed by atoms with Crippen LogP contribution in [0.25, 0.3) is 0 Å². The highest BCUT2D eigenvalue weighted by Crippen LogP contribution is 2.15. The maximum atomic E-state index is 13.4. The minimum Gasteiger partial charge on any atom is -0.355 e. The van der Waals surface area contributed by atoms with E-state index in [-0.39, 0.29) is 30.0 Å². The Balaban J connectivity index is 0.00000312. The SMILES string of the molecule is CN=C(NCC1CN(C)CCN1C)NC(C)c1ccc(F)c(F)c1.I. The molecule has 5 nitrogen and oxygen atoms in total. The lowest BCUT2D eigenvalue weighted by molar-refractivity contribution is 0.116. The second kappa shape index (κ2) is 10.2. The highest BCUT2D eigenvalue weighted by molar-refractivity contribution is 14.0. The average molecular weight is 467 g/mol. The van der Waals surface area contributed by atoms with Crippen LogP contribution in [-0.4, -0.2) is 69.1 Å². The van der Waals surface area contributed by atoms with Crippen molar-refractivity contribution in [1.29, 1.82) is 0 Å². The second-order valence-corrected chi connectivity index (χ2v) is 6.39. The Hall–Kier alpha value is -1.00. The summed E-state index contributed by atoms with van der Waals surface area (Å²) in [6.45, 7) is 5.78. The summed E-state index contributed by atoms with van der Waals surface area (Å²) in [7, 11) is 5.95. The lowest BCUT2D eigenvalue weighted by Crippen LogP contribution is -2.55. The third-order valence-electron chi connectivity index (χ3n) is 4.51. The van der Waals surface area contributed by atoms with E-state index in [0.29, 0.717) is 17.6 Å². The Bertz CT molecular complexity index is 584. The number of nitrogens with one attached hydrogen (secondary N) is 2. The number of likely N-dealkylation sites (N-methyl/N-ethyl adjacent to an activating group) is 2. The first-order chi connectivity index (χ1) is 11.4. The van der Waals surface area contributed by atoms with Crippen LogP contribution in [0.2, 0.25) is 0 Å². The fourth-order valence-corrected chi connectivity index (χ4v) is 2.80. The van der Waals surface area contributed by atoms with E-state index in [4.69, 9.17) is 0 Å². The van der Waals surface area contributed by atoms with Crippen LogP contribution in [0.5, 0.6) is 0 Å². The zero-order valence-corrected chi connectivity index (χ0v) is 17.6. The molecule has 2 atom stereocenters. The lowest BCUT2D eigenvalue weighted by Gasteiger charge is -2.38. The molecule has 0 radical (unpaired) electrons. The zero-order chi connectivity index (χ0) is 17.7. The van der Waals surface area contributed by atoms with Crippen molar-refractivity contribution in [2.75, 3.05) is 47.3 Å². The molecule has 1 heterocycles. The molecule has 0 aromatic heterocycles. The summed E-state index contributed by atoms with van der Waals surface area (Å²) < 4.78 is 26.4. The summed E-state index contributed by atoms with van der Waals surface area (Å²) in [6.07, 6.45) is 0. The van der Waals surface area contributed by atoms with Gasteiger partial charge in [0.2, 0.25) is 0 Å². The normalized spacial score (nSPS) is 20.7. The molecule has 8 heteroatoms. The van der Waals surface area contributed by atoms with E-state index >= 15 is 0 Å². The molecule has 25 heavy (non-hydrogen) atoms. The van der Waals surface area contributed by atoms with E-state index in [1.165, 1.54) is 6.07 Å². The Labute approximate surface area is 165 Å². The van der Waals surface area contributed by atoms with Crippen molar-refractivity contribution in [1.82, 2.24) is 20.4 Å². The van der Waals surface area contributed by atoms with Gasteiger partial charge >= 0.3 is 0 Å². The van der Waals surface area contributed by atoms with Gasteiger partial charge in [0.1, 0.15) is 0 Å². The van der Waals surface area contributed by atoms with Crippen LogP contribution in [0.3, 0.4) is 0 Å². The molecule has 0 aliphatic carbocycles. The molecule has 1 saturated heterocycles. The molecule has 1 aromatic rings. The number of aliphatic imine (C=N–C) groups is 1. The second-order valence-electron chi connectivity index (χ2n) is 6.39. The fourth-order valence-electron chi connectivity index (χ4n) is 2.80. The summed E-state index contributed by atoms with van der Waals surface area (Å²) in [5.74, 6) is -1.03. The van der Waals surface area contributed by atoms with Gasteiger partial charge in [0.15, 0.2) is 17.6 Å². The van der Waals surface area contributed by atoms with Crippen molar-refractivity contribution in [3.8, 4) is 0 Å². The molecule has 1 aromatic carbocycles. The van der Waals surface area contributed by atoms with E-state index in [0.717, 1.165) is 32.2 Å². The third kappa shape index (κ3) is 6.34. The molecule has 142 valence electrons. The van der Waals surface area contributed by atoms with Gasteiger partial charge in [-0.1, -0.05) is 6.07 Å². The van der Waals surface area contributed by atoms with Crippen molar-refractivity contribution in [2.45, 2.75) is 19.0 Å². The predicted octanol–water partition coefficient (Wildman–Crippen LogP) is 2.05. The monoisotopic (exact) mass is 467 g/mol. The van der Waals surface area contributed by atoms with E-state index in [2.05, 4.69) is 39.5 Å². The molecule has 0 spiro atoms. The fraction of sp³-hybridized carbons (Fsp3) is 0.588. The number of piperazine rings is 1. The van der Waals surface area contributed by atoms with Crippen LogP contribution in [0.1, 0.15) is 18.5 Å². The molecule has 1 fully saturated rings. The van der Waals surface area contributed by atoms with Gasteiger partial charge in [0.05, 0.1) is 6.04 Å². The first kappa shape index (κ1) is 22.0. The molecule has 2 N–H and O–H groups in total. The van der Waals surface area contributed by atoms with Crippen LogP contribution >= 0.6 is 24.0 Å². The van der Waals surface area contributed by atoms with Crippen molar-refractivity contribution in [3.63, 3.8) is 0 Å². The molecule has 2 rings (SSSR count). The standard InChI is InChI=1S/C17H27F2N5.HI/c1-12(13-5-6-15(18)16(19)9-13)22-17(20-2)21-10-14-11-23(3)7-8-24(14)4;/h5-6,9,12,14H,7-8,10-11H2,1-4H3,(H2,20,21,22);1H. The van der Waals surface area contributed by atoms with Gasteiger partial charge in [-0.25, -0.2) is 8.78 Å². The minimum atomic E-state index is -0.837. The maximum Gasteiger partial charge on any atom is 0.191 e. The number of hydrogen-bond acceptors (Lipinski definition) is 3. The largest absolute Gasteiger partial charge is 0.355 e. The summed E-state index contributed by atoms with van der Waals surface area (Å²) in [4.78, 5) is 8.86. The van der Waals surface area contributed by atoms with Gasteiger partial charge in [-0.05, 0) is 38.7 Å². The molecular weight excluding hydrogens is 439 g/mol. The molecule has 0 amide bonds. The molecule has 0 bridgehead atoms. The average Bonchev–Trinajstić information content (AvgIpc) is 2.56. The lowest BCUT2D eigenvalue weighted by atomic mass is 10.1. The van der Waals surface area contributed by atoms with E-state index in [9.17, 15) is 8.78 Å². The quantitative estimate of drug-likeness (QED) is 0.405. The van der Waals surface area contributed by atoms with Crippen molar-refractivity contribution in [2.24, 2.45) is 4.99 Å². The topological polar surface area (TPSA) is 42.9 Å². The van der Waals surface area contributed by atoms with Crippen LogP contribution in [0.4, 0.5) is 8.78 Å². The highest BCUT2D eigenvalue weighted by atomic mass is 127. The third-order valence-corrected chi connectivity index (χ3v) is 4.51. The summed E-state index contributed by atoms with van der Waals surface area (Å²) in [6, 6.07) is 4.16. The Kier molecular flexibility index (Phi) is 9.01. The van der Waals surface area contributed by atoms with Crippen molar-refractivity contribution in [3.05, 3.63) is 35.4 Å². The van der Waals surface area contributed by atoms with Gasteiger partial charge in [-0.3, -0.25) is 9.89 Å². The summed E-state index contributed by atoms with van der Waals surface area (Å²) >= 11 is 0. The first-order valence-electron chi connectivity index (χ1n) is 8.21. The smallest absolute Gasteiger partial charge is 0.191 e. The number of halogens is 3. The zero-order valence-electron chi connectivity index (χ0n) is 15.2. The van der Waals surface area contributed by atoms with Gasteiger partial charge in [-0.2, -0.15) is 0 Å². The molecule has 1 aliphatic heterocycles. The predicted molar refractivity (Wildman–Crippen MR) is 109 cm³/mol. The molecular formula is C17H28F2IN5. The van der Waals surface area contributed by atoms with E-state index in [1.54, 1.807) is 13.1 Å². The summed E-state index contributed by atoms with van der Waals surface area (Å²) in [5.41, 5.74) is 0.673. The minimum absolute atomic E-state index is 0. The molecule has 0 saturated carbocycles. The number of benzene rings is 1. The number of rotatable bonds is 4. The Morgan fingerprint density at radius 3 is 2.64 bits per heavy atom.